The number of nitrogens with zero attached hydrogens (tertiary/aromatic N) is 1. The van der Waals surface area contributed by atoms with E-state index in [-0.39, 0.29) is 11.5 Å². The summed E-state index contributed by atoms with van der Waals surface area (Å²) in [4.78, 5) is 13.8. The molecule has 0 radical (unpaired) electrons. The number of aryl methyl sites for hydroxylation is 1. The molecule has 17 heavy (non-hydrogen) atoms. The molecule has 1 amide bonds. The van der Waals surface area contributed by atoms with E-state index in [1.54, 1.807) is 13.0 Å². The molecular weight excluding hydrogens is 219 g/mol. The number of hydrogen-bond donors (Lipinski definition) is 1. The summed E-state index contributed by atoms with van der Waals surface area (Å²) in [5.74, 6) is -0.821. The lowest BCUT2D eigenvalue weighted by Gasteiger charge is -2.14. The molecule has 1 N–H and O–H groups in total. The normalized spacial score (nSPS) is 10.6. The minimum Gasteiger partial charge on any atom is -0.351 e. The molecule has 0 saturated heterocycles. The van der Waals surface area contributed by atoms with Crippen LogP contribution in [-0.4, -0.2) is 37.5 Å². The zero-order chi connectivity index (χ0) is 12.8. The lowest BCUT2D eigenvalue weighted by atomic mass is 10.1. The van der Waals surface area contributed by atoms with Crippen molar-refractivity contribution in [2.75, 3.05) is 26.7 Å². The van der Waals surface area contributed by atoms with Crippen molar-refractivity contribution in [1.82, 2.24) is 10.2 Å². The number of amides is 1. The maximum Gasteiger partial charge on any atom is 0.254 e. The molecule has 4 heteroatoms. The van der Waals surface area contributed by atoms with Crippen LogP contribution in [-0.2, 0) is 0 Å². The molecule has 0 aliphatic carbocycles. The smallest absolute Gasteiger partial charge is 0.254 e. The Morgan fingerprint density at radius 2 is 2.18 bits per heavy atom. The predicted octanol–water partition coefficient (Wildman–Crippen LogP) is 1.82. The molecule has 0 unspecified atom stereocenters. The second-order valence-corrected chi connectivity index (χ2v) is 4.14. The van der Waals surface area contributed by atoms with Crippen LogP contribution < -0.4 is 5.32 Å². The first-order valence-corrected chi connectivity index (χ1v) is 5.77. The highest BCUT2D eigenvalue weighted by molar-refractivity contribution is 5.94. The number of nitrogens with one attached hydrogen (secondary N) is 1. The van der Waals surface area contributed by atoms with Gasteiger partial charge in [-0.25, -0.2) is 4.39 Å². The Hall–Kier alpha value is -1.42. The van der Waals surface area contributed by atoms with Gasteiger partial charge in [-0.3, -0.25) is 4.79 Å². The van der Waals surface area contributed by atoms with Crippen LogP contribution in [0.3, 0.4) is 0 Å². The van der Waals surface area contributed by atoms with Crippen molar-refractivity contribution in [3.05, 3.63) is 35.1 Å². The molecule has 0 aliphatic rings. The van der Waals surface area contributed by atoms with Crippen LogP contribution >= 0.6 is 0 Å². The van der Waals surface area contributed by atoms with Crippen molar-refractivity contribution in [2.24, 2.45) is 0 Å². The first-order valence-electron chi connectivity index (χ1n) is 5.77. The average Bonchev–Trinajstić information content (AvgIpc) is 2.28. The van der Waals surface area contributed by atoms with E-state index in [1.807, 2.05) is 14.0 Å². The molecule has 0 spiro atoms. The van der Waals surface area contributed by atoms with Gasteiger partial charge in [-0.15, -0.1) is 0 Å². The Balaban J connectivity index is 2.52. The Bertz CT molecular complexity index is 393. The number of carbonyl (C=O) groups is 1. The van der Waals surface area contributed by atoms with Gasteiger partial charge >= 0.3 is 0 Å². The van der Waals surface area contributed by atoms with Gasteiger partial charge in [0.25, 0.3) is 5.91 Å². The number of hydrogen-bond acceptors (Lipinski definition) is 2. The predicted molar refractivity (Wildman–Crippen MR) is 66.6 cm³/mol. The maximum absolute atomic E-state index is 13.5. The van der Waals surface area contributed by atoms with Gasteiger partial charge in [0.1, 0.15) is 5.82 Å². The minimum absolute atomic E-state index is 0.106. The molecule has 0 saturated carbocycles. The van der Waals surface area contributed by atoms with Crippen LogP contribution in [0.25, 0.3) is 0 Å². The van der Waals surface area contributed by atoms with E-state index in [4.69, 9.17) is 0 Å². The van der Waals surface area contributed by atoms with Crippen LogP contribution in [0, 0.1) is 12.7 Å². The summed E-state index contributed by atoms with van der Waals surface area (Å²) >= 11 is 0. The largest absolute Gasteiger partial charge is 0.351 e. The van der Waals surface area contributed by atoms with Crippen molar-refractivity contribution in [3.8, 4) is 0 Å². The van der Waals surface area contributed by atoms with Gasteiger partial charge in [-0.05, 0) is 38.2 Å². The third kappa shape index (κ3) is 4.15. The molecule has 0 atom stereocenters. The van der Waals surface area contributed by atoms with Crippen molar-refractivity contribution in [3.63, 3.8) is 0 Å². The van der Waals surface area contributed by atoms with Crippen LogP contribution in [0.5, 0.6) is 0 Å². The first kappa shape index (κ1) is 13.6. The highest BCUT2D eigenvalue weighted by atomic mass is 19.1. The second-order valence-electron chi connectivity index (χ2n) is 4.14. The molecule has 3 nitrogen and oxygen atoms in total. The highest BCUT2D eigenvalue weighted by Gasteiger charge is 2.10. The number of likely N-dealkylation sites (N-methyl/N-ethyl adjacent to an activating group) is 1. The Labute approximate surface area is 102 Å². The van der Waals surface area contributed by atoms with Crippen molar-refractivity contribution < 1.29 is 9.18 Å². The van der Waals surface area contributed by atoms with E-state index in [9.17, 15) is 9.18 Å². The Morgan fingerprint density at radius 3 is 2.76 bits per heavy atom. The van der Waals surface area contributed by atoms with Gasteiger partial charge < -0.3 is 10.2 Å². The fourth-order valence-electron chi connectivity index (χ4n) is 1.42. The average molecular weight is 238 g/mol. The zero-order valence-electron chi connectivity index (χ0n) is 10.6. The van der Waals surface area contributed by atoms with E-state index < -0.39 is 5.82 Å². The zero-order valence-corrected chi connectivity index (χ0v) is 10.6. The van der Waals surface area contributed by atoms with Crippen LogP contribution in [0.4, 0.5) is 4.39 Å². The molecule has 94 valence electrons. The summed E-state index contributed by atoms with van der Waals surface area (Å²) < 4.78 is 13.5. The fraction of sp³-hybridized carbons (Fsp3) is 0.462. The Kier molecular flexibility index (Phi) is 5.10. The quantitative estimate of drug-likeness (QED) is 0.848. The summed E-state index contributed by atoms with van der Waals surface area (Å²) in [6, 6.07) is 4.62. The van der Waals surface area contributed by atoms with Gasteiger partial charge in [0.05, 0.1) is 5.56 Å². The minimum atomic E-state index is -0.466. The van der Waals surface area contributed by atoms with Gasteiger partial charge in [0, 0.05) is 13.1 Å². The first-order chi connectivity index (χ1) is 8.04. The molecule has 1 aromatic carbocycles. The molecule has 1 rings (SSSR count). The highest BCUT2D eigenvalue weighted by Crippen LogP contribution is 2.09. The Morgan fingerprint density at radius 1 is 1.47 bits per heavy atom. The fourth-order valence-corrected chi connectivity index (χ4v) is 1.42. The van der Waals surface area contributed by atoms with Crippen LogP contribution in [0.2, 0.25) is 0 Å². The van der Waals surface area contributed by atoms with Crippen molar-refractivity contribution in [1.29, 1.82) is 0 Å². The van der Waals surface area contributed by atoms with E-state index in [0.29, 0.717) is 6.54 Å². The number of halogens is 1. The lowest BCUT2D eigenvalue weighted by molar-refractivity contribution is 0.0946. The van der Waals surface area contributed by atoms with Gasteiger partial charge in [0.15, 0.2) is 0 Å². The monoisotopic (exact) mass is 238 g/mol. The van der Waals surface area contributed by atoms with Gasteiger partial charge in [-0.1, -0.05) is 13.0 Å². The van der Waals surface area contributed by atoms with Crippen LogP contribution in [0.1, 0.15) is 22.8 Å². The molecule has 0 bridgehead atoms. The van der Waals surface area contributed by atoms with E-state index in [2.05, 4.69) is 10.2 Å². The van der Waals surface area contributed by atoms with E-state index in [0.717, 1.165) is 18.7 Å². The van der Waals surface area contributed by atoms with Gasteiger partial charge in [-0.2, -0.15) is 0 Å². The van der Waals surface area contributed by atoms with E-state index in [1.165, 1.54) is 12.1 Å². The molecule has 0 heterocycles. The third-order valence-electron chi connectivity index (χ3n) is 2.69. The van der Waals surface area contributed by atoms with Gasteiger partial charge in [0.2, 0.25) is 0 Å². The van der Waals surface area contributed by atoms with Crippen molar-refractivity contribution >= 4 is 5.91 Å². The molecule has 0 aromatic heterocycles. The summed E-state index contributed by atoms with van der Waals surface area (Å²) in [6.45, 7) is 6.05. The summed E-state index contributed by atoms with van der Waals surface area (Å²) in [5, 5.41) is 2.70. The van der Waals surface area contributed by atoms with Crippen LogP contribution in [0.15, 0.2) is 18.2 Å². The van der Waals surface area contributed by atoms with Crippen molar-refractivity contribution in [2.45, 2.75) is 13.8 Å². The number of benzene rings is 1. The molecular formula is C13H19FN2O. The molecule has 0 fully saturated rings. The molecule has 0 aliphatic heterocycles. The third-order valence-corrected chi connectivity index (χ3v) is 2.69. The number of carbonyl (C=O) groups excluding carboxylic acids is 1. The topological polar surface area (TPSA) is 32.3 Å². The van der Waals surface area contributed by atoms with E-state index >= 15 is 0 Å². The SMILES string of the molecule is CCN(C)CCNC(=O)c1ccc(C)cc1F. The maximum atomic E-state index is 13.5. The number of rotatable bonds is 5. The summed E-state index contributed by atoms with van der Waals surface area (Å²) in [7, 11) is 1.97. The summed E-state index contributed by atoms with van der Waals surface area (Å²) in [5.41, 5.74) is 0.916. The molecule has 1 aromatic rings. The second kappa shape index (κ2) is 6.35. The standard InChI is InChI=1S/C13H19FN2O/c1-4-16(3)8-7-15-13(17)11-6-5-10(2)9-12(11)14/h5-6,9H,4,7-8H2,1-3H3,(H,15,17). The summed E-state index contributed by atoms with van der Waals surface area (Å²) in [6.07, 6.45) is 0. The lowest BCUT2D eigenvalue weighted by Crippen LogP contribution is -2.33.